The molecule has 146 valence electrons. The van der Waals surface area contributed by atoms with Crippen LogP contribution in [-0.2, 0) is 16.4 Å². The Morgan fingerprint density at radius 3 is 2.41 bits per heavy atom. The van der Waals surface area contributed by atoms with Gasteiger partial charge in [0, 0.05) is 6.54 Å². The zero-order chi connectivity index (χ0) is 20.0. The maximum atomic E-state index is 13.5. The molecule has 0 aromatic heterocycles. The van der Waals surface area contributed by atoms with Gasteiger partial charge in [-0.3, -0.25) is 9.52 Å². The Bertz CT molecular complexity index is 931. The number of hydrogen-bond donors (Lipinski definition) is 2. The topological polar surface area (TPSA) is 93.7 Å². The Morgan fingerprint density at radius 2 is 1.78 bits per heavy atom. The van der Waals surface area contributed by atoms with Gasteiger partial charge in [0.1, 0.15) is 5.82 Å². The van der Waals surface area contributed by atoms with E-state index < -0.39 is 21.7 Å². The molecule has 0 aliphatic heterocycles. The second-order valence-electron chi connectivity index (χ2n) is 5.76. The molecule has 2 rings (SSSR count). The van der Waals surface area contributed by atoms with Crippen molar-refractivity contribution in [2.45, 2.75) is 6.42 Å². The highest BCUT2D eigenvalue weighted by Crippen LogP contribution is 2.27. The zero-order valence-electron chi connectivity index (χ0n) is 15.2. The van der Waals surface area contributed by atoms with Gasteiger partial charge in [-0.05, 0) is 42.3 Å². The summed E-state index contributed by atoms with van der Waals surface area (Å²) in [4.78, 5) is 12.4. The van der Waals surface area contributed by atoms with Crippen molar-refractivity contribution in [3.63, 3.8) is 0 Å². The fourth-order valence-corrected chi connectivity index (χ4v) is 3.02. The van der Waals surface area contributed by atoms with Gasteiger partial charge >= 0.3 is 0 Å². The highest BCUT2D eigenvalue weighted by atomic mass is 32.2. The lowest BCUT2D eigenvalue weighted by Crippen LogP contribution is -2.27. The number of halogens is 1. The fraction of sp³-hybridized carbons (Fsp3) is 0.278. The summed E-state index contributed by atoms with van der Waals surface area (Å²) in [6, 6.07) is 8.67. The van der Waals surface area contributed by atoms with Crippen molar-refractivity contribution in [3.05, 3.63) is 53.3 Å². The number of anilines is 1. The van der Waals surface area contributed by atoms with Gasteiger partial charge in [0.05, 0.1) is 31.7 Å². The first-order valence-electron chi connectivity index (χ1n) is 8.00. The molecule has 0 saturated carbocycles. The van der Waals surface area contributed by atoms with Crippen molar-refractivity contribution in [2.75, 3.05) is 31.7 Å². The molecular weight excluding hydrogens is 375 g/mol. The van der Waals surface area contributed by atoms with Crippen LogP contribution < -0.4 is 19.5 Å². The molecule has 0 unspecified atom stereocenters. The lowest BCUT2D eigenvalue weighted by molar-refractivity contribution is 0.0954. The van der Waals surface area contributed by atoms with Crippen LogP contribution >= 0.6 is 0 Å². The SMILES string of the molecule is COc1ccc(CCNC(=O)c2cc(F)ccc2NS(C)(=O)=O)cc1OC. The van der Waals surface area contributed by atoms with Crippen LogP contribution in [0.25, 0.3) is 0 Å². The molecule has 0 aliphatic carbocycles. The summed E-state index contributed by atoms with van der Waals surface area (Å²) >= 11 is 0. The average Bonchev–Trinajstić information content (AvgIpc) is 2.61. The predicted molar refractivity (Wildman–Crippen MR) is 100 cm³/mol. The number of sulfonamides is 1. The van der Waals surface area contributed by atoms with Gasteiger partial charge in [-0.25, -0.2) is 12.8 Å². The van der Waals surface area contributed by atoms with E-state index in [1.165, 1.54) is 13.2 Å². The van der Waals surface area contributed by atoms with Gasteiger partial charge in [-0.2, -0.15) is 0 Å². The lowest BCUT2D eigenvalue weighted by Gasteiger charge is -2.12. The summed E-state index contributed by atoms with van der Waals surface area (Å²) in [6.07, 6.45) is 1.45. The van der Waals surface area contributed by atoms with Crippen molar-refractivity contribution in [1.29, 1.82) is 0 Å². The zero-order valence-corrected chi connectivity index (χ0v) is 16.0. The molecule has 9 heteroatoms. The molecule has 2 N–H and O–H groups in total. The monoisotopic (exact) mass is 396 g/mol. The number of ether oxygens (including phenoxy) is 2. The quantitative estimate of drug-likeness (QED) is 0.713. The standard InChI is InChI=1S/C18H21FN2O5S/c1-25-16-7-4-12(10-17(16)26-2)8-9-20-18(22)14-11-13(19)5-6-15(14)21-27(3,23)24/h4-7,10-11,21H,8-9H2,1-3H3,(H,20,22). The van der Waals surface area contributed by atoms with Crippen LogP contribution in [0.4, 0.5) is 10.1 Å². The minimum atomic E-state index is -3.60. The average molecular weight is 396 g/mol. The molecule has 27 heavy (non-hydrogen) atoms. The lowest BCUT2D eigenvalue weighted by atomic mass is 10.1. The molecule has 2 aromatic carbocycles. The number of hydrogen-bond acceptors (Lipinski definition) is 5. The number of nitrogens with one attached hydrogen (secondary N) is 2. The van der Waals surface area contributed by atoms with Crippen molar-refractivity contribution >= 4 is 21.6 Å². The summed E-state index contributed by atoms with van der Waals surface area (Å²) in [5, 5.41) is 2.65. The number of amides is 1. The smallest absolute Gasteiger partial charge is 0.253 e. The summed E-state index contributed by atoms with van der Waals surface area (Å²) in [7, 11) is -0.530. The second kappa shape index (κ2) is 8.72. The molecule has 0 heterocycles. The normalized spacial score (nSPS) is 11.0. The van der Waals surface area contributed by atoms with Crippen molar-refractivity contribution in [3.8, 4) is 11.5 Å². The van der Waals surface area contributed by atoms with E-state index in [9.17, 15) is 17.6 Å². The van der Waals surface area contributed by atoms with Crippen LogP contribution in [0.2, 0.25) is 0 Å². The van der Waals surface area contributed by atoms with Crippen molar-refractivity contribution in [2.24, 2.45) is 0 Å². The maximum absolute atomic E-state index is 13.5. The van der Waals surface area contributed by atoms with Crippen LogP contribution in [0.5, 0.6) is 11.5 Å². The van der Waals surface area contributed by atoms with Crippen molar-refractivity contribution < 1.29 is 27.1 Å². The van der Waals surface area contributed by atoms with Crippen LogP contribution in [-0.4, -0.2) is 41.3 Å². The van der Waals surface area contributed by atoms with Crippen LogP contribution in [0, 0.1) is 5.82 Å². The van der Waals surface area contributed by atoms with Gasteiger partial charge in [0.25, 0.3) is 5.91 Å². The molecule has 0 saturated heterocycles. The molecule has 0 radical (unpaired) electrons. The Morgan fingerprint density at radius 1 is 1.07 bits per heavy atom. The van der Waals surface area contributed by atoms with E-state index in [2.05, 4.69) is 10.0 Å². The number of methoxy groups -OCH3 is 2. The number of carbonyl (C=O) groups excluding carboxylic acids is 1. The number of carbonyl (C=O) groups is 1. The Hall–Kier alpha value is -2.81. The van der Waals surface area contributed by atoms with E-state index in [4.69, 9.17) is 9.47 Å². The summed E-state index contributed by atoms with van der Waals surface area (Å²) in [5.74, 6) is -0.0483. The van der Waals surface area contributed by atoms with Gasteiger partial charge in [0.2, 0.25) is 10.0 Å². The third kappa shape index (κ3) is 5.85. The van der Waals surface area contributed by atoms with Gasteiger partial charge < -0.3 is 14.8 Å². The first-order chi connectivity index (χ1) is 12.7. The van der Waals surface area contributed by atoms with Crippen LogP contribution in [0.3, 0.4) is 0 Å². The van der Waals surface area contributed by atoms with Gasteiger partial charge in [-0.15, -0.1) is 0 Å². The molecule has 7 nitrogen and oxygen atoms in total. The first-order valence-corrected chi connectivity index (χ1v) is 9.89. The largest absolute Gasteiger partial charge is 0.493 e. The summed E-state index contributed by atoms with van der Waals surface area (Å²) < 4.78 is 48.9. The van der Waals surface area contributed by atoms with E-state index in [-0.39, 0.29) is 17.8 Å². The summed E-state index contributed by atoms with van der Waals surface area (Å²) in [6.45, 7) is 0.267. The third-order valence-corrected chi connectivity index (χ3v) is 4.26. The Balaban J connectivity index is 2.07. The van der Waals surface area contributed by atoms with Crippen molar-refractivity contribution in [1.82, 2.24) is 5.32 Å². The molecule has 0 bridgehead atoms. The van der Waals surface area contributed by atoms with E-state index >= 15 is 0 Å². The Kier molecular flexibility index (Phi) is 6.62. The molecule has 0 atom stereocenters. The number of benzene rings is 2. The third-order valence-electron chi connectivity index (χ3n) is 3.67. The summed E-state index contributed by atoms with van der Waals surface area (Å²) in [5.41, 5.74) is 0.830. The molecule has 0 fully saturated rings. The van der Waals surface area contributed by atoms with E-state index in [1.54, 1.807) is 19.2 Å². The molecular formula is C18H21FN2O5S. The molecule has 2 aromatic rings. The highest BCUT2D eigenvalue weighted by molar-refractivity contribution is 7.92. The Labute approximate surface area is 157 Å². The fourth-order valence-electron chi connectivity index (χ4n) is 2.44. The molecule has 1 amide bonds. The highest BCUT2D eigenvalue weighted by Gasteiger charge is 2.15. The minimum Gasteiger partial charge on any atom is -0.493 e. The van der Waals surface area contributed by atoms with Crippen LogP contribution in [0.1, 0.15) is 15.9 Å². The predicted octanol–water partition coefficient (Wildman–Crippen LogP) is 2.19. The van der Waals surface area contributed by atoms with E-state index in [0.29, 0.717) is 17.9 Å². The van der Waals surface area contributed by atoms with Gasteiger partial charge in [0.15, 0.2) is 11.5 Å². The second-order valence-corrected chi connectivity index (χ2v) is 7.51. The maximum Gasteiger partial charge on any atom is 0.253 e. The van der Waals surface area contributed by atoms with Gasteiger partial charge in [-0.1, -0.05) is 6.07 Å². The molecule has 0 spiro atoms. The first kappa shape index (κ1) is 20.5. The van der Waals surface area contributed by atoms with E-state index in [1.807, 2.05) is 6.07 Å². The van der Waals surface area contributed by atoms with Crippen LogP contribution in [0.15, 0.2) is 36.4 Å². The van der Waals surface area contributed by atoms with E-state index in [0.717, 1.165) is 24.0 Å². The minimum absolute atomic E-state index is 0.0162. The molecule has 0 aliphatic rings. The number of rotatable bonds is 8.